The Balaban J connectivity index is 2.41. The van der Waals surface area contributed by atoms with Gasteiger partial charge in [0.1, 0.15) is 5.82 Å². The molecule has 0 unspecified atom stereocenters. The zero-order valence-corrected chi connectivity index (χ0v) is 11.6. The summed E-state index contributed by atoms with van der Waals surface area (Å²) >= 11 is 11.8. The van der Waals surface area contributed by atoms with E-state index in [4.69, 9.17) is 28.3 Å². The highest BCUT2D eigenvalue weighted by molar-refractivity contribution is 6.36. The van der Waals surface area contributed by atoms with Gasteiger partial charge in [0, 0.05) is 27.2 Å². The minimum atomic E-state index is -1.09. The lowest BCUT2D eigenvalue weighted by Gasteiger charge is -2.07. The fourth-order valence-electron chi connectivity index (χ4n) is 1.73. The van der Waals surface area contributed by atoms with Crippen molar-refractivity contribution in [3.8, 4) is 11.1 Å². The van der Waals surface area contributed by atoms with Crippen LogP contribution in [0.15, 0.2) is 42.5 Å². The molecule has 0 bridgehead atoms. The topological polar surface area (TPSA) is 37.3 Å². The Morgan fingerprint density at radius 2 is 1.80 bits per heavy atom. The lowest BCUT2D eigenvalue weighted by molar-refractivity contribution is -0.131. The molecule has 102 valence electrons. The van der Waals surface area contributed by atoms with Crippen LogP contribution in [0, 0.1) is 5.82 Å². The number of rotatable bonds is 3. The average Bonchev–Trinajstić information content (AvgIpc) is 2.37. The molecule has 0 fully saturated rings. The summed E-state index contributed by atoms with van der Waals surface area (Å²) in [5.74, 6) is -1.57. The van der Waals surface area contributed by atoms with Crippen molar-refractivity contribution in [1.82, 2.24) is 0 Å². The molecule has 0 aromatic heterocycles. The number of aliphatic carboxylic acids is 1. The van der Waals surface area contributed by atoms with Gasteiger partial charge in [-0.3, -0.25) is 0 Å². The van der Waals surface area contributed by atoms with Crippen molar-refractivity contribution in [2.75, 3.05) is 0 Å². The molecule has 0 heterocycles. The van der Waals surface area contributed by atoms with Crippen molar-refractivity contribution in [1.29, 1.82) is 0 Å². The summed E-state index contributed by atoms with van der Waals surface area (Å²) in [5, 5.41) is 9.35. The Morgan fingerprint density at radius 1 is 1.10 bits per heavy atom. The second kappa shape index (κ2) is 6.07. The van der Waals surface area contributed by atoms with E-state index in [1.807, 2.05) is 0 Å². The Bertz CT molecular complexity index is 696. The van der Waals surface area contributed by atoms with Gasteiger partial charge in [-0.2, -0.15) is 0 Å². The molecule has 2 aromatic rings. The van der Waals surface area contributed by atoms with E-state index in [9.17, 15) is 9.18 Å². The third kappa shape index (κ3) is 3.38. The maximum Gasteiger partial charge on any atom is 0.328 e. The SMILES string of the molecule is O=C(O)/C=C/c1ccc(-c2ccc(Cl)cc2Cl)c(F)c1. The van der Waals surface area contributed by atoms with Gasteiger partial charge in [0.15, 0.2) is 0 Å². The number of hydrogen-bond acceptors (Lipinski definition) is 1. The first-order valence-electron chi connectivity index (χ1n) is 5.63. The second-order valence-electron chi connectivity index (χ2n) is 4.04. The van der Waals surface area contributed by atoms with Gasteiger partial charge in [0.25, 0.3) is 0 Å². The van der Waals surface area contributed by atoms with Gasteiger partial charge in [-0.1, -0.05) is 41.4 Å². The van der Waals surface area contributed by atoms with Crippen LogP contribution in [-0.4, -0.2) is 11.1 Å². The summed E-state index contributed by atoms with van der Waals surface area (Å²) in [4.78, 5) is 10.4. The van der Waals surface area contributed by atoms with E-state index in [1.54, 1.807) is 24.3 Å². The largest absolute Gasteiger partial charge is 0.478 e. The lowest BCUT2D eigenvalue weighted by atomic mass is 10.0. The molecule has 0 saturated heterocycles. The van der Waals surface area contributed by atoms with Gasteiger partial charge < -0.3 is 5.11 Å². The lowest BCUT2D eigenvalue weighted by Crippen LogP contribution is -1.89. The number of carbonyl (C=O) groups is 1. The van der Waals surface area contributed by atoms with Crippen LogP contribution in [-0.2, 0) is 4.79 Å². The van der Waals surface area contributed by atoms with Crippen LogP contribution in [0.4, 0.5) is 4.39 Å². The minimum Gasteiger partial charge on any atom is -0.478 e. The van der Waals surface area contributed by atoms with Gasteiger partial charge in [-0.25, -0.2) is 9.18 Å². The van der Waals surface area contributed by atoms with Crippen molar-refractivity contribution in [2.45, 2.75) is 0 Å². The van der Waals surface area contributed by atoms with E-state index in [-0.39, 0.29) is 0 Å². The van der Waals surface area contributed by atoms with E-state index >= 15 is 0 Å². The van der Waals surface area contributed by atoms with Crippen molar-refractivity contribution in [3.63, 3.8) is 0 Å². The van der Waals surface area contributed by atoms with E-state index in [1.165, 1.54) is 18.2 Å². The third-order valence-corrected chi connectivity index (χ3v) is 3.18. The highest BCUT2D eigenvalue weighted by Gasteiger charge is 2.09. The van der Waals surface area contributed by atoms with Crippen LogP contribution in [0.3, 0.4) is 0 Å². The fourth-order valence-corrected chi connectivity index (χ4v) is 2.24. The molecule has 0 saturated carbocycles. The number of halogens is 3. The highest BCUT2D eigenvalue weighted by Crippen LogP contribution is 2.32. The van der Waals surface area contributed by atoms with Crippen LogP contribution in [0.5, 0.6) is 0 Å². The highest BCUT2D eigenvalue weighted by atomic mass is 35.5. The number of carboxylic acids is 1. The Morgan fingerprint density at radius 3 is 2.40 bits per heavy atom. The zero-order valence-electron chi connectivity index (χ0n) is 10.1. The first kappa shape index (κ1) is 14.6. The molecule has 2 rings (SSSR count). The van der Waals surface area contributed by atoms with E-state index in [0.29, 0.717) is 26.7 Å². The fraction of sp³-hybridized carbons (Fsp3) is 0. The molecule has 20 heavy (non-hydrogen) atoms. The summed E-state index contributed by atoms with van der Waals surface area (Å²) < 4.78 is 14.1. The van der Waals surface area contributed by atoms with Crippen molar-refractivity contribution in [3.05, 3.63) is 63.9 Å². The Kier molecular flexibility index (Phi) is 4.42. The van der Waals surface area contributed by atoms with E-state index < -0.39 is 11.8 Å². The molecule has 0 amide bonds. The molecule has 0 atom stereocenters. The van der Waals surface area contributed by atoms with Crippen LogP contribution < -0.4 is 0 Å². The molecule has 0 aliphatic rings. The van der Waals surface area contributed by atoms with Gasteiger partial charge in [0.2, 0.25) is 0 Å². The van der Waals surface area contributed by atoms with Gasteiger partial charge in [-0.15, -0.1) is 0 Å². The smallest absolute Gasteiger partial charge is 0.328 e. The molecular formula is C15H9Cl2FO2. The molecule has 0 spiro atoms. The van der Waals surface area contributed by atoms with Crippen molar-refractivity contribution >= 4 is 35.2 Å². The molecular weight excluding hydrogens is 302 g/mol. The van der Waals surface area contributed by atoms with Gasteiger partial charge >= 0.3 is 5.97 Å². The van der Waals surface area contributed by atoms with Crippen LogP contribution in [0.2, 0.25) is 10.0 Å². The molecule has 5 heteroatoms. The molecule has 2 nitrogen and oxygen atoms in total. The first-order chi connectivity index (χ1) is 9.47. The second-order valence-corrected chi connectivity index (χ2v) is 4.88. The zero-order chi connectivity index (χ0) is 14.7. The molecule has 1 N–H and O–H groups in total. The standard InChI is InChI=1S/C15H9Cl2FO2/c16-10-3-5-11(13(17)8-10)12-4-1-9(7-14(12)18)2-6-15(19)20/h1-8H,(H,19,20)/b6-2+. The average molecular weight is 311 g/mol. The number of carboxylic acid groups (broad SMARTS) is 1. The maximum atomic E-state index is 14.1. The summed E-state index contributed by atoms with van der Waals surface area (Å²) in [7, 11) is 0. The summed E-state index contributed by atoms with van der Waals surface area (Å²) in [5.41, 5.74) is 1.32. The van der Waals surface area contributed by atoms with E-state index in [0.717, 1.165) is 6.08 Å². The summed E-state index contributed by atoms with van der Waals surface area (Å²) in [6, 6.07) is 9.21. The molecule has 0 radical (unpaired) electrons. The molecule has 2 aromatic carbocycles. The van der Waals surface area contributed by atoms with E-state index in [2.05, 4.69) is 0 Å². The predicted octanol–water partition coefficient (Wildman–Crippen LogP) is 4.90. The molecule has 0 aliphatic heterocycles. The third-order valence-electron chi connectivity index (χ3n) is 2.63. The number of benzene rings is 2. The Hall–Kier alpha value is -1.84. The van der Waals surface area contributed by atoms with Gasteiger partial charge in [0.05, 0.1) is 0 Å². The summed E-state index contributed by atoms with van der Waals surface area (Å²) in [6.07, 6.45) is 2.27. The van der Waals surface area contributed by atoms with Crippen LogP contribution >= 0.6 is 23.2 Å². The van der Waals surface area contributed by atoms with Gasteiger partial charge in [-0.05, 0) is 29.8 Å². The normalized spacial score (nSPS) is 10.9. The first-order valence-corrected chi connectivity index (χ1v) is 6.39. The Labute approximate surface area is 125 Å². The van der Waals surface area contributed by atoms with Crippen molar-refractivity contribution in [2.24, 2.45) is 0 Å². The number of hydrogen-bond donors (Lipinski definition) is 1. The van der Waals surface area contributed by atoms with Crippen LogP contribution in [0.1, 0.15) is 5.56 Å². The predicted molar refractivity (Wildman–Crippen MR) is 78.5 cm³/mol. The van der Waals surface area contributed by atoms with Crippen molar-refractivity contribution < 1.29 is 14.3 Å². The maximum absolute atomic E-state index is 14.1. The van der Waals surface area contributed by atoms with Crippen LogP contribution in [0.25, 0.3) is 17.2 Å². The minimum absolute atomic E-state index is 0.333. The molecule has 0 aliphatic carbocycles. The monoisotopic (exact) mass is 310 g/mol. The summed E-state index contributed by atoms with van der Waals surface area (Å²) in [6.45, 7) is 0. The quantitative estimate of drug-likeness (QED) is 0.819.